The molecule has 0 aliphatic heterocycles. The van der Waals surface area contributed by atoms with Gasteiger partial charge in [0.25, 0.3) is 0 Å². The number of nitrogens with one attached hydrogen (secondary N) is 2. The average molecular weight is 438 g/mol. The maximum atomic E-state index is 12.2. The Balaban J connectivity index is 1.90. The molecule has 0 saturated heterocycles. The number of para-hydroxylation sites is 1. The first kappa shape index (κ1) is 24.5. The Bertz CT molecular complexity index is 824. The smallest absolute Gasteiger partial charge is 0.411 e. The molecule has 0 heterocycles. The first-order valence-corrected chi connectivity index (χ1v) is 10.2. The van der Waals surface area contributed by atoms with Crippen LogP contribution in [-0.2, 0) is 17.9 Å². The van der Waals surface area contributed by atoms with Crippen LogP contribution in [0, 0.1) is 0 Å². The molecule has 0 bridgehead atoms. The highest BCUT2D eigenvalue weighted by molar-refractivity contribution is 5.79. The quantitative estimate of drug-likeness (QED) is 0.420. The van der Waals surface area contributed by atoms with Crippen molar-refractivity contribution in [3.63, 3.8) is 0 Å². The van der Waals surface area contributed by atoms with Crippen molar-refractivity contribution in [1.82, 2.24) is 10.6 Å². The predicted octanol–water partition coefficient (Wildman–Crippen LogP) is 4.63. The second-order valence-corrected chi connectivity index (χ2v) is 7.14. The zero-order chi connectivity index (χ0) is 22.7. The van der Waals surface area contributed by atoms with E-state index >= 15 is 0 Å². The Kier molecular flexibility index (Phi) is 9.65. The largest absolute Gasteiger partial charge is 0.496 e. The lowest BCUT2D eigenvalue weighted by atomic mass is 10.0. The fourth-order valence-corrected chi connectivity index (χ4v) is 2.97. The highest BCUT2D eigenvalue weighted by atomic mass is 19.4. The number of ether oxygens (including phenoxy) is 2. The Hall–Kier alpha value is -2.74. The fraction of sp³-hybridized carbons (Fsp3) is 0.435. The normalized spacial score (nSPS) is 13.0. The number of nitrogens with zero attached hydrogens (tertiary/aromatic N) is 1. The molecule has 5 nitrogen and oxygen atoms in total. The number of aliphatic imine (C=N–C) groups is 1. The fourth-order valence-electron chi connectivity index (χ4n) is 2.97. The van der Waals surface area contributed by atoms with E-state index in [2.05, 4.69) is 33.4 Å². The summed E-state index contributed by atoms with van der Waals surface area (Å²) < 4.78 is 46.6. The molecule has 2 rings (SSSR count). The van der Waals surface area contributed by atoms with Crippen LogP contribution in [-0.4, -0.2) is 38.9 Å². The summed E-state index contributed by atoms with van der Waals surface area (Å²) >= 11 is 0. The molecule has 2 N–H and O–H groups in total. The van der Waals surface area contributed by atoms with Gasteiger partial charge in [0.1, 0.15) is 12.4 Å². The molecule has 2 aromatic carbocycles. The zero-order valence-electron chi connectivity index (χ0n) is 18.1. The zero-order valence-corrected chi connectivity index (χ0v) is 18.1. The Morgan fingerprint density at radius 1 is 1.03 bits per heavy atom. The van der Waals surface area contributed by atoms with Crippen LogP contribution in [0.3, 0.4) is 0 Å². The van der Waals surface area contributed by atoms with Gasteiger partial charge in [0.2, 0.25) is 0 Å². The summed E-state index contributed by atoms with van der Waals surface area (Å²) in [5.74, 6) is 1.77. The molecule has 0 fully saturated rings. The van der Waals surface area contributed by atoms with Gasteiger partial charge in [-0.3, -0.25) is 0 Å². The second-order valence-electron chi connectivity index (χ2n) is 7.14. The molecule has 8 heteroatoms. The van der Waals surface area contributed by atoms with E-state index in [1.165, 1.54) is 0 Å². The van der Waals surface area contributed by atoms with Crippen molar-refractivity contribution in [2.24, 2.45) is 4.99 Å². The van der Waals surface area contributed by atoms with Crippen molar-refractivity contribution in [3.8, 4) is 5.75 Å². The minimum atomic E-state index is -4.31. The second kappa shape index (κ2) is 12.2. The Morgan fingerprint density at radius 3 is 2.35 bits per heavy atom. The topological polar surface area (TPSA) is 54.9 Å². The monoisotopic (exact) mass is 437 g/mol. The van der Waals surface area contributed by atoms with E-state index in [1.807, 2.05) is 37.3 Å². The van der Waals surface area contributed by atoms with Gasteiger partial charge in [-0.1, -0.05) is 49.4 Å². The Morgan fingerprint density at radius 2 is 1.71 bits per heavy atom. The molecular formula is C23H30F3N3O2. The van der Waals surface area contributed by atoms with Crippen molar-refractivity contribution in [1.29, 1.82) is 0 Å². The standard InChI is InChI=1S/C23H30F3N3O2/c1-4-27-22(28-13-17(2)20-7-5-6-8-21(20)30-3)29-14-18-9-11-19(12-10-18)15-31-16-23(24,25)26/h5-12,17H,4,13-16H2,1-3H3,(H2,27,28,29). The molecule has 1 atom stereocenters. The Labute approximate surface area is 181 Å². The van der Waals surface area contributed by atoms with Gasteiger partial charge in [-0.05, 0) is 29.7 Å². The first-order chi connectivity index (χ1) is 14.8. The average Bonchev–Trinajstić information content (AvgIpc) is 2.75. The molecule has 1 unspecified atom stereocenters. The lowest BCUT2D eigenvalue weighted by molar-refractivity contribution is -0.176. The lowest BCUT2D eigenvalue weighted by Crippen LogP contribution is -2.39. The SMILES string of the molecule is CCNC(=NCc1ccc(COCC(F)(F)F)cc1)NCC(C)c1ccccc1OC. The predicted molar refractivity (Wildman–Crippen MR) is 116 cm³/mol. The summed E-state index contributed by atoms with van der Waals surface area (Å²) in [7, 11) is 1.66. The molecule has 170 valence electrons. The number of guanidine groups is 1. The number of halogens is 3. The molecular weight excluding hydrogens is 407 g/mol. The van der Waals surface area contributed by atoms with Crippen LogP contribution >= 0.6 is 0 Å². The van der Waals surface area contributed by atoms with Crippen LogP contribution in [0.5, 0.6) is 5.75 Å². The van der Waals surface area contributed by atoms with Crippen LogP contribution in [0.15, 0.2) is 53.5 Å². The molecule has 0 radical (unpaired) electrons. The number of benzene rings is 2. The minimum absolute atomic E-state index is 0.0753. The van der Waals surface area contributed by atoms with Crippen molar-refractivity contribution in [3.05, 3.63) is 65.2 Å². The van der Waals surface area contributed by atoms with Crippen LogP contribution in [0.4, 0.5) is 13.2 Å². The molecule has 0 aliphatic rings. The number of methoxy groups -OCH3 is 1. The van der Waals surface area contributed by atoms with E-state index in [9.17, 15) is 13.2 Å². The summed E-state index contributed by atoms with van der Waals surface area (Å²) in [6.45, 7) is 4.65. The molecule has 0 saturated carbocycles. The third kappa shape index (κ3) is 8.88. The number of hydrogen-bond donors (Lipinski definition) is 2. The molecule has 0 amide bonds. The first-order valence-electron chi connectivity index (χ1n) is 10.2. The van der Waals surface area contributed by atoms with Crippen molar-refractivity contribution in [2.45, 2.75) is 39.1 Å². The van der Waals surface area contributed by atoms with E-state index in [4.69, 9.17) is 4.74 Å². The van der Waals surface area contributed by atoms with Crippen molar-refractivity contribution >= 4 is 5.96 Å². The molecule has 0 aliphatic carbocycles. The van der Waals surface area contributed by atoms with Gasteiger partial charge in [-0.25, -0.2) is 4.99 Å². The third-order valence-electron chi connectivity index (χ3n) is 4.57. The van der Waals surface area contributed by atoms with Gasteiger partial charge in [-0.2, -0.15) is 13.2 Å². The summed E-state index contributed by atoms with van der Waals surface area (Å²) in [5, 5.41) is 6.57. The highest BCUT2D eigenvalue weighted by Gasteiger charge is 2.27. The van der Waals surface area contributed by atoms with E-state index in [1.54, 1.807) is 19.2 Å². The molecule has 0 spiro atoms. The van der Waals surface area contributed by atoms with E-state index in [0.29, 0.717) is 24.6 Å². The third-order valence-corrected chi connectivity index (χ3v) is 4.57. The summed E-state index contributed by atoms with van der Waals surface area (Å²) in [5.41, 5.74) is 2.76. The van der Waals surface area contributed by atoms with E-state index in [-0.39, 0.29) is 12.5 Å². The van der Waals surface area contributed by atoms with E-state index < -0.39 is 12.8 Å². The highest BCUT2D eigenvalue weighted by Crippen LogP contribution is 2.25. The number of rotatable bonds is 10. The van der Waals surface area contributed by atoms with Gasteiger partial charge >= 0.3 is 6.18 Å². The molecule has 0 aromatic heterocycles. The summed E-state index contributed by atoms with van der Waals surface area (Å²) in [4.78, 5) is 4.60. The number of hydrogen-bond acceptors (Lipinski definition) is 3. The van der Waals surface area contributed by atoms with Gasteiger partial charge < -0.3 is 20.1 Å². The lowest BCUT2D eigenvalue weighted by Gasteiger charge is -2.18. The number of alkyl halides is 3. The minimum Gasteiger partial charge on any atom is -0.496 e. The molecule has 31 heavy (non-hydrogen) atoms. The maximum Gasteiger partial charge on any atom is 0.411 e. The maximum absolute atomic E-state index is 12.2. The summed E-state index contributed by atoms with van der Waals surface area (Å²) in [6.07, 6.45) is -4.31. The van der Waals surface area contributed by atoms with Crippen LogP contribution in [0.25, 0.3) is 0 Å². The van der Waals surface area contributed by atoms with Gasteiger partial charge in [0.05, 0.1) is 20.3 Å². The van der Waals surface area contributed by atoms with Crippen LogP contribution < -0.4 is 15.4 Å². The summed E-state index contributed by atoms with van der Waals surface area (Å²) in [6, 6.07) is 15.1. The van der Waals surface area contributed by atoms with Crippen molar-refractivity contribution < 1.29 is 22.6 Å². The van der Waals surface area contributed by atoms with Gasteiger partial charge in [-0.15, -0.1) is 0 Å². The van der Waals surface area contributed by atoms with E-state index in [0.717, 1.165) is 23.4 Å². The van der Waals surface area contributed by atoms with Crippen LogP contribution in [0.2, 0.25) is 0 Å². The molecule has 2 aromatic rings. The van der Waals surface area contributed by atoms with Crippen molar-refractivity contribution in [2.75, 3.05) is 26.8 Å². The van der Waals surface area contributed by atoms with Crippen LogP contribution in [0.1, 0.15) is 36.5 Å². The van der Waals surface area contributed by atoms with Gasteiger partial charge in [0, 0.05) is 19.0 Å². The van der Waals surface area contributed by atoms with Gasteiger partial charge in [0.15, 0.2) is 5.96 Å².